The second kappa shape index (κ2) is 8.10. The van der Waals surface area contributed by atoms with Crippen molar-refractivity contribution in [1.82, 2.24) is 9.88 Å². The zero-order chi connectivity index (χ0) is 17.6. The molecule has 0 radical (unpaired) electrons. The summed E-state index contributed by atoms with van der Waals surface area (Å²) in [6.45, 7) is 0.356. The van der Waals surface area contributed by atoms with Gasteiger partial charge >= 0.3 is 0 Å². The van der Waals surface area contributed by atoms with Crippen LogP contribution in [0.25, 0.3) is 5.69 Å². The molecule has 1 heterocycles. The van der Waals surface area contributed by atoms with E-state index in [0.29, 0.717) is 22.3 Å². The van der Waals surface area contributed by atoms with Gasteiger partial charge in [-0.05, 0) is 42.0 Å². The predicted molar refractivity (Wildman–Crippen MR) is 99.6 cm³/mol. The molecular formula is C19H16Cl2N2O2. The van der Waals surface area contributed by atoms with Gasteiger partial charge in [0.05, 0.1) is 10.0 Å². The number of amides is 1. The summed E-state index contributed by atoms with van der Waals surface area (Å²) in [5.41, 5.74) is 2.09. The maximum Gasteiger partial charge on any atom is 0.258 e. The molecule has 1 amide bonds. The van der Waals surface area contributed by atoms with Gasteiger partial charge in [-0.1, -0.05) is 35.3 Å². The number of carbonyl (C=O) groups excluding carboxylic acids is 1. The van der Waals surface area contributed by atoms with E-state index in [1.807, 2.05) is 53.4 Å². The first-order valence-electron chi connectivity index (χ1n) is 7.68. The van der Waals surface area contributed by atoms with Gasteiger partial charge in [0, 0.05) is 30.7 Å². The lowest BCUT2D eigenvalue weighted by atomic mass is 10.2. The minimum Gasteiger partial charge on any atom is -0.484 e. The Kier molecular flexibility index (Phi) is 5.64. The van der Waals surface area contributed by atoms with E-state index in [4.69, 9.17) is 27.9 Å². The highest BCUT2D eigenvalue weighted by atomic mass is 35.5. The fourth-order valence-corrected chi connectivity index (χ4v) is 2.55. The van der Waals surface area contributed by atoms with E-state index in [9.17, 15) is 4.79 Å². The quantitative estimate of drug-likeness (QED) is 0.691. The van der Waals surface area contributed by atoms with Crippen LogP contribution in [0.5, 0.6) is 5.75 Å². The molecule has 128 valence electrons. The maximum atomic E-state index is 11.9. The van der Waals surface area contributed by atoms with Crippen LogP contribution in [0.1, 0.15) is 5.56 Å². The fraction of sp³-hybridized carbons (Fsp3) is 0.105. The molecule has 0 aliphatic rings. The zero-order valence-corrected chi connectivity index (χ0v) is 14.8. The first-order valence-corrected chi connectivity index (χ1v) is 8.44. The monoisotopic (exact) mass is 374 g/mol. The molecule has 1 aromatic heterocycles. The van der Waals surface area contributed by atoms with Gasteiger partial charge in [-0.2, -0.15) is 0 Å². The van der Waals surface area contributed by atoms with Gasteiger partial charge in [-0.15, -0.1) is 0 Å². The van der Waals surface area contributed by atoms with Crippen LogP contribution in [0, 0.1) is 0 Å². The number of hydrogen-bond acceptors (Lipinski definition) is 2. The largest absolute Gasteiger partial charge is 0.484 e. The van der Waals surface area contributed by atoms with Gasteiger partial charge in [0.25, 0.3) is 5.91 Å². The lowest BCUT2D eigenvalue weighted by Crippen LogP contribution is -2.28. The summed E-state index contributed by atoms with van der Waals surface area (Å²) in [5, 5.41) is 3.66. The van der Waals surface area contributed by atoms with E-state index in [-0.39, 0.29) is 12.5 Å². The smallest absolute Gasteiger partial charge is 0.258 e. The molecule has 3 aromatic rings. The van der Waals surface area contributed by atoms with E-state index >= 15 is 0 Å². The highest BCUT2D eigenvalue weighted by molar-refractivity contribution is 6.42. The van der Waals surface area contributed by atoms with Crippen molar-refractivity contribution < 1.29 is 9.53 Å². The Balaban J connectivity index is 1.48. The number of nitrogens with zero attached hydrogens (tertiary/aromatic N) is 1. The Morgan fingerprint density at radius 2 is 1.72 bits per heavy atom. The van der Waals surface area contributed by atoms with Crippen LogP contribution in [0.3, 0.4) is 0 Å². The molecule has 3 rings (SSSR count). The summed E-state index contributed by atoms with van der Waals surface area (Å²) >= 11 is 11.7. The molecule has 25 heavy (non-hydrogen) atoms. The lowest BCUT2D eigenvalue weighted by Gasteiger charge is -2.09. The minimum absolute atomic E-state index is 0.0839. The van der Waals surface area contributed by atoms with Crippen LogP contribution in [-0.2, 0) is 11.3 Å². The maximum absolute atomic E-state index is 11.9. The van der Waals surface area contributed by atoms with Crippen LogP contribution in [-0.4, -0.2) is 17.1 Å². The van der Waals surface area contributed by atoms with Gasteiger partial charge in [0.2, 0.25) is 0 Å². The third-order valence-corrected chi connectivity index (χ3v) is 4.33. The van der Waals surface area contributed by atoms with Crippen LogP contribution < -0.4 is 10.1 Å². The van der Waals surface area contributed by atoms with Crippen molar-refractivity contribution in [3.63, 3.8) is 0 Å². The summed E-state index contributed by atoms with van der Waals surface area (Å²) in [5.74, 6) is 0.293. The molecular weight excluding hydrogens is 359 g/mol. The standard InChI is InChI=1S/C19H16Cl2N2O2/c20-17-8-7-16(11-18(17)21)25-13-19(24)22-12-14-3-5-15(6-4-14)23-9-1-2-10-23/h1-11H,12-13H2,(H,22,24). The summed E-state index contributed by atoms with van der Waals surface area (Å²) in [4.78, 5) is 11.9. The van der Waals surface area contributed by atoms with Crippen molar-refractivity contribution >= 4 is 29.1 Å². The molecule has 0 atom stereocenters. The summed E-state index contributed by atoms with van der Waals surface area (Å²) in [7, 11) is 0. The van der Waals surface area contributed by atoms with Crippen LogP contribution >= 0.6 is 23.2 Å². The van der Waals surface area contributed by atoms with E-state index < -0.39 is 0 Å². The van der Waals surface area contributed by atoms with E-state index in [0.717, 1.165) is 11.3 Å². The van der Waals surface area contributed by atoms with Gasteiger partial charge in [0.15, 0.2) is 6.61 Å². The molecule has 0 unspecified atom stereocenters. The molecule has 0 aliphatic heterocycles. The van der Waals surface area contributed by atoms with Crippen LogP contribution in [0.2, 0.25) is 10.0 Å². The summed E-state index contributed by atoms with van der Waals surface area (Å²) in [6, 6.07) is 16.8. The molecule has 1 N–H and O–H groups in total. The predicted octanol–water partition coefficient (Wildman–Crippen LogP) is 4.48. The molecule has 0 saturated carbocycles. The molecule has 6 heteroatoms. The van der Waals surface area contributed by atoms with Crippen LogP contribution in [0.15, 0.2) is 67.0 Å². The summed E-state index contributed by atoms with van der Waals surface area (Å²) < 4.78 is 7.42. The van der Waals surface area contributed by atoms with Gasteiger partial charge in [-0.3, -0.25) is 4.79 Å². The number of nitrogens with one attached hydrogen (secondary N) is 1. The number of benzene rings is 2. The third-order valence-electron chi connectivity index (χ3n) is 3.59. The number of carbonyl (C=O) groups is 1. The zero-order valence-electron chi connectivity index (χ0n) is 13.3. The molecule has 0 fully saturated rings. The molecule has 2 aromatic carbocycles. The molecule has 0 spiro atoms. The highest BCUT2D eigenvalue weighted by Gasteiger charge is 2.05. The average Bonchev–Trinajstić information content (AvgIpc) is 3.16. The lowest BCUT2D eigenvalue weighted by molar-refractivity contribution is -0.123. The number of aromatic nitrogens is 1. The summed E-state index contributed by atoms with van der Waals surface area (Å²) in [6.07, 6.45) is 3.97. The Morgan fingerprint density at radius 3 is 2.40 bits per heavy atom. The Labute approximate surface area is 155 Å². The topological polar surface area (TPSA) is 43.3 Å². The number of ether oxygens (including phenoxy) is 1. The SMILES string of the molecule is O=C(COc1ccc(Cl)c(Cl)c1)NCc1ccc(-n2cccc2)cc1. The Hall–Kier alpha value is -2.43. The molecule has 0 bridgehead atoms. The average molecular weight is 375 g/mol. The van der Waals surface area contributed by atoms with Crippen LogP contribution in [0.4, 0.5) is 0 Å². The van der Waals surface area contributed by atoms with Gasteiger partial charge < -0.3 is 14.6 Å². The second-order valence-electron chi connectivity index (χ2n) is 5.40. The number of rotatable bonds is 6. The Bertz CT molecular complexity index is 846. The van der Waals surface area contributed by atoms with Crippen molar-refractivity contribution in [3.05, 3.63) is 82.6 Å². The van der Waals surface area contributed by atoms with Crippen molar-refractivity contribution in [2.75, 3.05) is 6.61 Å². The second-order valence-corrected chi connectivity index (χ2v) is 6.21. The first-order chi connectivity index (χ1) is 12.1. The molecule has 0 saturated heterocycles. The Morgan fingerprint density at radius 1 is 1.00 bits per heavy atom. The first kappa shape index (κ1) is 17.4. The normalized spacial score (nSPS) is 10.5. The van der Waals surface area contributed by atoms with E-state index in [2.05, 4.69) is 5.32 Å². The number of halogens is 2. The van der Waals surface area contributed by atoms with Gasteiger partial charge in [0.1, 0.15) is 5.75 Å². The van der Waals surface area contributed by atoms with Crippen molar-refractivity contribution in [2.45, 2.75) is 6.54 Å². The van der Waals surface area contributed by atoms with Crippen molar-refractivity contribution in [2.24, 2.45) is 0 Å². The highest BCUT2D eigenvalue weighted by Crippen LogP contribution is 2.26. The fourth-order valence-electron chi connectivity index (χ4n) is 2.26. The molecule has 4 nitrogen and oxygen atoms in total. The third kappa shape index (κ3) is 4.78. The van der Waals surface area contributed by atoms with E-state index in [1.54, 1.807) is 18.2 Å². The van der Waals surface area contributed by atoms with E-state index in [1.165, 1.54) is 0 Å². The molecule has 0 aliphatic carbocycles. The van der Waals surface area contributed by atoms with Crippen molar-refractivity contribution in [1.29, 1.82) is 0 Å². The van der Waals surface area contributed by atoms with Crippen molar-refractivity contribution in [3.8, 4) is 11.4 Å². The number of hydrogen-bond donors (Lipinski definition) is 1. The minimum atomic E-state index is -0.208. The van der Waals surface area contributed by atoms with Gasteiger partial charge in [-0.25, -0.2) is 0 Å².